The zero-order valence-electron chi connectivity index (χ0n) is 13.7. The molecule has 2 aliphatic rings. The summed E-state index contributed by atoms with van der Waals surface area (Å²) >= 11 is 0. The number of amides is 3. The number of halogens is 1. The van der Waals surface area contributed by atoms with Crippen LogP contribution in [0.3, 0.4) is 0 Å². The van der Waals surface area contributed by atoms with E-state index in [1.165, 1.54) is 4.90 Å². The summed E-state index contributed by atoms with van der Waals surface area (Å²) in [7, 11) is 0. The van der Waals surface area contributed by atoms with Gasteiger partial charge in [-0.25, -0.2) is 0 Å². The lowest BCUT2D eigenvalue weighted by Gasteiger charge is -2.32. The monoisotopic (exact) mass is 351 g/mol. The summed E-state index contributed by atoms with van der Waals surface area (Å²) in [5, 5.41) is 3.31. The van der Waals surface area contributed by atoms with Gasteiger partial charge in [-0.1, -0.05) is 12.1 Å². The van der Waals surface area contributed by atoms with Gasteiger partial charge in [0.2, 0.25) is 11.8 Å². The van der Waals surface area contributed by atoms with Crippen LogP contribution in [0.1, 0.15) is 35.7 Å². The number of rotatable bonds is 3. The lowest BCUT2D eigenvalue weighted by Crippen LogP contribution is -2.51. The molecule has 1 aromatic rings. The van der Waals surface area contributed by atoms with Crippen molar-refractivity contribution >= 4 is 30.1 Å². The fraction of sp³-hybridized carbons (Fsp3) is 0.471. The van der Waals surface area contributed by atoms with Gasteiger partial charge in [0.05, 0.1) is 6.54 Å². The number of nitrogens with zero attached hydrogens (tertiary/aromatic N) is 2. The molecule has 2 saturated heterocycles. The van der Waals surface area contributed by atoms with Gasteiger partial charge in [0.25, 0.3) is 5.91 Å². The minimum Gasteiger partial charge on any atom is -0.336 e. The molecule has 0 radical (unpaired) electrons. The molecule has 24 heavy (non-hydrogen) atoms. The van der Waals surface area contributed by atoms with E-state index in [-0.39, 0.29) is 36.7 Å². The third-order valence-electron chi connectivity index (χ3n) is 4.35. The fourth-order valence-electron chi connectivity index (χ4n) is 3.03. The van der Waals surface area contributed by atoms with Crippen molar-refractivity contribution in [2.45, 2.75) is 32.4 Å². The van der Waals surface area contributed by atoms with Gasteiger partial charge in [0, 0.05) is 44.1 Å². The number of imide groups is 1. The van der Waals surface area contributed by atoms with Gasteiger partial charge in [0.15, 0.2) is 0 Å². The quantitative estimate of drug-likeness (QED) is 0.830. The second kappa shape index (κ2) is 7.77. The largest absolute Gasteiger partial charge is 0.336 e. The minimum atomic E-state index is -0.120. The molecule has 1 atom stereocenters. The van der Waals surface area contributed by atoms with Gasteiger partial charge in [-0.05, 0) is 24.6 Å². The van der Waals surface area contributed by atoms with Gasteiger partial charge < -0.3 is 10.2 Å². The molecular formula is C17H22ClN3O3. The van der Waals surface area contributed by atoms with E-state index >= 15 is 0 Å². The average Bonchev–Trinajstić information content (AvgIpc) is 2.87. The first kappa shape index (κ1) is 18.4. The van der Waals surface area contributed by atoms with Crippen LogP contribution in [0.25, 0.3) is 0 Å². The Morgan fingerprint density at radius 2 is 1.79 bits per heavy atom. The smallest absolute Gasteiger partial charge is 0.253 e. The van der Waals surface area contributed by atoms with Crippen molar-refractivity contribution in [3.8, 4) is 0 Å². The summed E-state index contributed by atoms with van der Waals surface area (Å²) in [5.41, 5.74) is 1.50. The van der Waals surface area contributed by atoms with Crippen molar-refractivity contribution in [1.82, 2.24) is 15.1 Å². The van der Waals surface area contributed by atoms with Crippen LogP contribution in [0, 0.1) is 0 Å². The van der Waals surface area contributed by atoms with Crippen LogP contribution < -0.4 is 5.32 Å². The number of benzene rings is 1. The van der Waals surface area contributed by atoms with Gasteiger partial charge in [-0.15, -0.1) is 12.4 Å². The molecule has 2 aliphatic heterocycles. The lowest BCUT2D eigenvalue weighted by atomic mass is 10.1. The Morgan fingerprint density at radius 3 is 2.38 bits per heavy atom. The number of hydrogen-bond acceptors (Lipinski definition) is 4. The molecule has 0 saturated carbocycles. The van der Waals surface area contributed by atoms with Crippen LogP contribution in [0.4, 0.5) is 0 Å². The van der Waals surface area contributed by atoms with Crippen molar-refractivity contribution in [3.05, 3.63) is 35.4 Å². The maximum atomic E-state index is 12.5. The molecule has 0 aromatic heterocycles. The SMILES string of the molecule is CC1CN(C(=O)c2ccc(CN3C(=O)CCC3=O)cc2)CCN1.Cl. The van der Waals surface area contributed by atoms with Gasteiger partial charge in [-0.3, -0.25) is 19.3 Å². The maximum absolute atomic E-state index is 12.5. The van der Waals surface area contributed by atoms with E-state index in [1.54, 1.807) is 12.1 Å². The Hall–Kier alpha value is -1.92. The zero-order chi connectivity index (χ0) is 16.4. The number of piperazine rings is 1. The Labute approximate surface area is 147 Å². The molecule has 3 amide bonds. The summed E-state index contributed by atoms with van der Waals surface area (Å²) in [6, 6.07) is 7.49. The van der Waals surface area contributed by atoms with Crippen molar-refractivity contribution < 1.29 is 14.4 Å². The van der Waals surface area contributed by atoms with E-state index in [4.69, 9.17) is 0 Å². The molecule has 1 N–H and O–H groups in total. The molecule has 2 heterocycles. The number of carbonyl (C=O) groups is 3. The van der Waals surface area contributed by atoms with E-state index in [0.29, 0.717) is 37.5 Å². The molecule has 7 heteroatoms. The Morgan fingerprint density at radius 1 is 1.17 bits per heavy atom. The van der Waals surface area contributed by atoms with Crippen molar-refractivity contribution in [1.29, 1.82) is 0 Å². The maximum Gasteiger partial charge on any atom is 0.253 e. The van der Waals surface area contributed by atoms with E-state index < -0.39 is 0 Å². The fourth-order valence-corrected chi connectivity index (χ4v) is 3.03. The average molecular weight is 352 g/mol. The molecule has 6 nitrogen and oxygen atoms in total. The molecule has 130 valence electrons. The first-order chi connectivity index (χ1) is 11.0. The second-order valence-corrected chi connectivity index (χ2v) is 6.18. The Bertz CT molecular complexity index is 616. The van der Waals surface area contributed by atoms with Crippen molar-refractivity contribution in [2.24, 2.45) is 0 Å². The first-order valence-electron chi connectivity index (χ1n) is 7.99. The summed E-state index contributed by atoms with van der Waals surface area (Å²) in [6.07, 6.45) is 0.604. The number of likely N-dealkylation sites (tertiary alicyclic amines) is 1. The van der Waals surface area contributed by atoms with Crippen molar-refractivity contribution in [2.75, 3.05) is 19.6 Å². The molecule has 0 bridgehead atoms. The number of hydrogen-bond donors (Lipinski definition) is 1. The summed E-state index contributed by atoms with van der Waals surface area (Å²) in [4.78, 5) is 38.9. The highest BCUT2D eigenvalue weighted by atomic mass is 35.5. The number of carbonyl (C=O) groups excluding carboxylic acids is 3. The van der Waals surface area contributed by atoms with E-state index in [9.17, 15) is 14.4 Å². The Kier molecular flexibility index (Phi) is 5.96. The van der Waals surface area contributed by atoms with Gasteiger partial charge in [0.1, 0.15) is 0 Å². The first-order valence-corrected chi connectivity index (χ1v) is 7.99. The summed E-state index contributed by atoms with van der Waals surface area (Å²) in [6.45, 7) is 4.58. The molecule has 2 fully saturated rings. The van der Waals surface area contributed by atoms with Gasteiger partial charge in [-0.2, -0.15) is 0 Å². The molecule has 0 spiro atoms. The molecule has 1 aromatic carbocycles. The molecule has 3 rings (SSSR count). The van der Waals surface area contributed by atoms with E-state index in [0.717, 1.165) is 12.1 Å². The predicted molar refractivity (Wildman–Crippen MR) is 91.8 cm³/mol. The lowest BCUT2D eigenvalue weighted by molar-refractivity contribution is -0.139. The molecule has 0 aliphatic carbocycles. The van der Waals surface area contributed by atoms with Crippen LogP contribution in [0.2, 0.25) is 0 Å². The van der Waals surface area contributed by atoms with Crippen LogP contribution in [-0.4, -0.2) is 53.2 Å². The Balaban J connectivity index is 0.00000208. The van der Waals surface area contributed by atoms with Crippen LogP contribution in [0.15, 0.2) is 24.3 Å². The molecule has 1 unspecified atom stereocenters. The zero-order valence-corrected chi connectivity index (χ0v) is 14.5. The minimum absolute atomic E-state index is 0. The second-order valence-electron chi connectivity index (χ2n) is 6.18. The van der Waals surface area contributed by atoms with Crippen LogP contribution in [-0.2, 0) is 16.1 Å². The predicted octanol–water partition coefficient (Wildman–Crippen LogP) is 1.19. The topological polar surface area (TPSA) is 69.7 Å². The highest BCUT2D eigenvalue weighted by Crippen LogP contribution is 2.17. The van der Waals surface area contributed by atoms with E-state index in [2.05, 4.69) is 12.2 Å². The number of nitrogens with one attached hydrogen (secondary N) is 1. The summed E-state index contributed by atoms with van der Waals surface area (Å²) in [5.74, 6) is -0.215. The van der Waals surface area contributed by atoms with Gasteiger partial charge >= 0.3 is 0 Å². The molecular weight excluding hydrogens is 330 g/mol. The highest BCUT2D eigenvalue weighted by molar-refractivity contribution is 6.01. The third kappa shape index (κ3) is 3.94. The van der Waals surface area contributed by atoms with E-state index in [1.807, 2.05) is 17.0 Å². The summed E-state index contributed by atoms with van der Waals surface area (Å²) < 4.78 is 0. The van der Waals surface area contributed by atoms with Crippen LogP contribution in [0.5, 0.6) is 0 Å². The highest BCUT2D eigenvalue weighted by Gasteiger charge is 2.28. The standard InChI is InChI=1S/C17H21N3O3.ClH/c1-12-10-19(9-8-18-12)17(23)14-4-2-13(3-5-14)11-20-15(21)6-7-16(20)22;/h2-5,12,18H,6-11H2,1H3;1H. The third-order valence-corrected chi connectivity index (χ3v) is 4.35. The van der Waals surface area contributed by atoms with Crippen molar-refractivity contribution in [3.63, 3.8) is 0 Å². The van der Waals surface area contributed by atoms with Crippen LogP contribution >= 0.6 is 12.4 Å². The normalized spacial score (nSPS) is 21.0.